The zero-order valence-corrected chi connectivity index (χ0v) is 15.6. The Morgan fingerprint density at radius 2 is 1.69 bits per heavy atom. The van der Waals surface area contributed by atoms with Gasteiger partial charge in [0.15, 0.2) is 6.54 Å². The van der Waals surface area contributed by atoms with Crippen molar-refractivity contribution in [2.24, 2.45) is 0 Å². The average molecular weight is 366 g/mol. The van der Waals surface area contributed by atoms with Gasteiger partial charge in [0, 0.05) is 12.1 Å². The molecule has 3 aromatic rings. The van der Waals surface area contributed by atoms with Crippen LogP contribution in [0.5, 0.6) is 0 Å². The van der Waals surface area contributed by atoms with Crippen LogP contribution in [0.15, 0.2) is 78.2 Å². The number of rotatable bonds is 9. The molecule has 26 heavy (non-hydrogen) atoms. The van der Waals surface area contributed by atoms with E-state index in [0.29, 0.717) is 6.54 Å². The van der Waals surface area contributed by atoms with E-state index in [1.54, 1.807) is 11.3 Å². The van der Waals surface area contributed by atoms with E-state index in [2.05, 4.69) is 64.5 Å². The molecule has 3 N–H and O–H groups in total. The van der Waals surface area contributed by atoms with Gasteiger partial charge in [-0.05, 0) is 29.9 Å². The second-order valence-electron chi connectivity index (χ2n) is 6.28. The summed E-state index contributed by atoms with van der Waals surface area (Å²) in [6.07, 6.45) is 1.95. The van der Waals surface area contributed by atoms with E-state index in [1.165, 1.54) is 16.0 Å². The van der Waals surface area contributed by atoms with Crippen molar-refractivity contribution in [3.8, 4) is 0 Å². The maximum atomic E-state index is 12.2. The third kappa shape index (κ3) is 5.55. The average Bonchev–Trinajstić information content (AvgIpc) is 3.22. The van der Waals surface area contributed by atoms with E-state index in [9.17, 15) is 4.79 Å². The fourth-order valence-corrected chi connectivity index (χ4v) is 3.86. The van der Waals surface area contributed by atoms with Crippen molar-refractivity contribution in [2.75, 3.05) is 13.1 Å². The molecule has 0 aliphatic carbocycles. The van der Waals surface area contributed by atoms with Crippen LogP contribution in [0.4, 0.5) is 0 Å². The zero-order chi connectivity index (χ0) is 18.0. The highest BCUT2D eigenvalue weighted by molar-refractivity contribution is 7.10. The summed E-state index contributed by atoms with van der Waals surface area (Å²) in [4.78, 5) is 13.5. The number of hydrogen-bond donors (Lipinski definition) is 2. The van der Waals surface area contributed by atoms with E-state index < -0.39 is 0 Å². The molecule has 0 radical (unpaired) electrons. The Hall–Kier alpha value is -2.43. The van der Waals surface area contributed by atoms with Gasteiger partial charge in [0.2, 0.25) is 0 Å². The number of carbonyl (C=O) groups excluding carboxylic acids is 1. The van der Waals surface area contributed by atoms with Crippen molar-refractivity contribution in [1.29, 1.82) is 0 Å². The minimum absolute atomic E-state index is 0.0931. The number of aryl methyl sites for hydroxylation is 1. The molecule has 0 saturated heterocycles. The van der Waals surface area contributed by atoms with Crippen LogP contribution < -0.4 is 10.6 Å². The molecular weight excluding hydrogens is 340 g/mol. The van der Waals surface area contributed by atoms with Crippen molar-refractivity contribution in [1.82, 2.24) is 5.32 Å². The van der Waals surface area contributed by atoms with Crippen LogP contribution in [-0.4, -0.2) is 19.0 Å². The lowest BCUT2D eigenvalue weighted by Crippen LogP contribution is -2.87. The molecular formula is C22H25N2OS+. The number of carbonyl (C=O) groups is 1. The molecule has 0 bridgehead atoms. The maximum absolute atomic E-state index is 12.2. The minimum atomic E-state index is 0.0931. The van der Waals surface area contributed by atoms with Crippen molar-refractivity contribution in [2.45, 2.75) is 18.9 Å². The van der Waals surface area contributed by atoms with Crippen molar-refractivity contribution in [3.05, 3.63) is 94.2 Å². The lowest BCUT2D eigenvalue weighted by molar-refractivity contribution is -0.676. The van der Waals surface area contributed by atoms with Gasteiger partial charge in [0.05, 0.1) is 4.88 Å². The molecule has 4 heteroatoms. The largest absolute Gasteiger partial charge is 0.351 e. The highest BCUT2D eigenvalue weighted by atomic mass is 32.1. The third-order valence-corrected chi connectivity index (χ3v) is 5.31. The molecule has 3 nitrogen and oxygen atoms in total. The second kappa shape index (κ2) is 9.90. The van der Waals surface area contributed by atoms with Crippen molar-refractivity contribution >= 4 is 17.2 Å². The predicted octanol–water partition coefficient (Wildman–Crippen LogP) is 3.15. The first-order valence-electron chi connectivity index (χ1n) is 9.05. The van der Waals surface area contributed by atoms with Gasteiger partial charge in [-0.25, -0.2) is 0 Å². The predicted molar refractivity (Wildman–Crippen MR) is 107 cm³/mol. The number of benzene rings is 2. The van der Waals surface area contributed by atoms with Crippen LogP contribution in [-0.2, 0) is 11.2 Å². The molecule has 3 rings (SSSR count). The summed E-state index contributed by atoms with van der Waals surface area (Å²) in [5, 5.41) is 7.24. The number of hydrogen-bond acceptors (Lipinski definition) is 2. The highest BCUT2D eigenvalue weighted by Crippen LogP contribution is 2.22. The van der Waals surface area contributed by atoms with E-state index >= 15 is 0 Å². The molecule has 0 saturated carbocycles. The zero-order valence-electron chi connectivity index (χ0n) is 14.8. The minimum Gasteiger partial charge on any atom is -0.351 e. The molecule has 0 aliphatic heterocycles. The number of quaternary nitrogens is 1. The summed E-state index contributed by atoms with van der Waals surface area (Å²) >= 11 is 1.73. The molecule has 1 amide bonds. The summed E-state index contributed by atoms with van der Waals surface area (Å²) in [7, 11) is 0. The van der Waals surface area contributed by atoms with Gasteiger partial charge in [-0.2, -0.15) is 0 Å². The highest BCUT2D eigenvalue weighted by Gasteiger charge is 2.19. The summed E-state index contributed by atoms with van der Waals surface area (Å²) in [6.45, 7) is 1.15. The smallest absolute Gasteiger partial charge is 0.275 e. The Labute approximate surface area is 159 Å². The van der Waals surface area contributed by atoms with Crippen LogP contribution in [0.2, 0.25) is 0 Å². The van der Waals surface area contributed by atoms with Crippen LogP contribution in [0.3, 0.4) is 0 Å². The molecule has 1 heterocycles. The van der Waals surface area contributed by atoms with Gasteiger partial charge in [-0.15, -0.1) is 11.3 Å². The van der Waals surface area contributed by atoms with Crippen molar-refractivity contribution < 1.29 is 10.1 Å². The maximum Gasteiger partial charge on any atom is 0.275 e. The standard InChI is InChI=1S/C22H24N2OS/c25-21(23-15-7-11-18-9-3-1-4-10-18)17-24-22(20-14-8-16-26-20)19-12-5-2-6-13-19/h1-6,8-10,12-14,16,22,24H,7,11,15,17H2,(H,23,25)/p+1/t22-/m1/s1. The summed E-state index contributed by atoms with van der Waals surface area (Å²) in [6, 6.07) is 25.1. The Morgan fingerprint density at radius 1 is 0.962 bits per heavy atom. The Morgan fingerprint density at radius 3 is 2.38 bits per heavy atom. The SMILES string of the molecule is O=C(C[NH2+][C@H](c1ccccc1)c1cccs1)NCCCc1ccccc1. The first-order valence-corrected chi connectivity index (χ1v) is 9.93. The van der Waals surface area contributed by atoms with Gasteiger partial charge in [0.25, 0.3) is 5.91 Å². The lowest BCUT2D eigenvalue weighted by atomic mass is 10.1. The van der Waals surface area contributed by atoms with Crippen molar-refractivity contribution in [3.63, 3.8) is 0 Å². The van der Waals surface area contributed by atoms with E-state index in [4.69, 9.17) is 0 Å². The van der Waals surface area contributed by atoms with E-state index in [1.807, 2.05) is 24.3 Å². The van der Waals surface area contributed by atoms with Crippen LogP contribution in [0, 0.1) is 0 Å². The number of nitrogens with two attached hydrogens (primary N) is 1. The fraction of sp³-hybridized carbons (Fsp3) is 0.227. The third-order valence-electron chi connectivity index (χ3n) is 4.35. The van der Waals surface area contributed by atoms with Gasteiger partial charge in [-0.1, -0.05) is 66.7 Å². The monoisotopic (exact) mass is 365 g/mol. The summed E-state index contributed by atoms with van der Waals surface area (Å²) in [5.74, 6) is 0.0931. The molecule has 0 spiro atoms. The first kappa shape index (κ1) is 18.4. The number of thiophene rings is 1. The molecule has 0 fully saturated rings. The van der Waals surface area contributed by atoms with Gasteiger partial charge in [-0.3, -0.25) is 4.79 Å². The Balaban J connectivity index is 1.46. The van der Waals surface area contributed by atoms with Gasteiger partial charge in [0.1, 0.15) is 6.04 Å². The molecule has 1 aromatic heterocycles. The Kier molecular flexibility index (Phi) is 6.99. The molecule has 2 aromatic carbocycles. The quantitative estimate of drug-likeness (QED) is 0.562. The normalized spacial score (nSPS) is 11.8. The van der Waals surface area contributed by atoms with E-state index in [-0.39, 0.29) is 11.9 Å². The van der Waals surface area contributed by atoms with Crippen LogP contribution >= 0.6 is 11.3 Å². The number of nitrogens with one attached hydrogen (secondary N) is 1. The summed E-state index contributed by atoms with van der Waals surface area (Å²) < 4.78 is 0. The first-order chi connectivity index (χ1) is 12.8. The summed E-state index contributed by atoms with van der Waals surface area (Å²) in [5.41, 5.74) is 2.54. The lowest BCUT2D eigenvalue weighted by Gasteiger charge is -2.14. The second-order valence-corrected chi connectivity index (χ2v) is 7.26. The van der Waals surface area contributed by atoms with Gasteiger partial charge >= 0.3 is 0 Å². The van der Waals surface area contributed by atoms with Crippen LogP contribution in [0.1, 0.15) is 28.5 Å². The molecule has 1 atom stereocenters. The molecule has 0 aliphatic rings. The molecule has 134 valence electrons. The topological polar surface area (TPSA) is 45.7 Å². The van der Waals surface area contributed by atoms with Crippen LogP contribution in [0.25, 0.3) is 0 Å². The number of amides is 1. The fourth-order valence-electron chi connectivity index (χ4n) is 3.01. The Bertz CT molecular complexity index is 772. The van der Waals surface area contributed by atoms with Gasteiger partial charge < -0.3 is 10.6 Å². The van der Waals surface area contributed by atoms with E-state index in [0.717, 1.165) is 19.4 Å². The molecule has 0 unspecified atom stereocenters.